The van der Waals surface area contributed by atoms with Crippen LogP contribution in [0.3, 0.4) is 0 Å². The quantitative estimate of drug-likeness (QED) is 0.714. The van der Waals surface area contributed by atoms with Gasteiger partial charge in [-0.05, 0) is 58.4 Å². The predicted octanol–water partition coefficient (Wildman–Crippen LogP) is 2.56. The average molecular weight is 424 g/mol. The van der Waals surface area contributed by atoms with Crippen molar-refractivity contribution in [1.82, 2.24) is 20.1 Å². The first-order chi connectivity index (χ1) is 15.0. The lowest BCUT2D eigenvalue weighted by Gasteiger charge is -2.34. The highest BCUT2D eigenvalue weighted by molar-refractivity contribution is 5.95. The van der Waals surface area contributed by atoms with Crippen LogP contribution in [0.4, 0.5) is 27.7 Å². The number of fused-ring (bicyclic) bond motifs is 1. The fraction of sp³-hybridized carbons (Fsp3) is 0.478. The van der Waals surface area contributed by atoms with Crippen LogP contribution in [-0.2, 0) is 6.54 Å². The standard InChI is InChI=1S/C23H33N7O/c1-27(2)9-4-10-30-21-15-22(24-16-18(21)17-25-23(30)31)26-19-5-7-20(8-6-19)29-13-11-28(3)12-14-29/h5-8,15-16H,4,9-14,17H2,1-3H3,(H,24,26)(H,25,31). The van der Waals surface area contributed by atoms with E-state index in [0.29, 0.717) is 13.1 Å². The van der Waals surface area contributed by atoms with Crippen LogP contribution < -0.4 is 20.4 Å². The molecule has 31 heavy (non-hydrogen) atoms. The zero-order chi connectivity index (χ0) is 21.8. The molecule has 2 aromatic rings. The van der Waals surface area contributed by atoms with Gasteiger partial charge in [0.1, 0.15) is 5.82 Å². The van der Waals surface area contributed by atoms with Crippen molar-refractivity contribution >= 4 is 28.9 Å². The maximum absolute atomic E-state index is 12.5. The smallest absolute Gasteiger partial charge is 0.322 e. The second kappa shape index (κ2) is 9.53. The SMILES string of the molecule is CN(C)CCCN1C(=O)NCc2cnc(Nc3ccc(N4CCN(C)CC4)cc3)cc21. The van der Waals surface area contributed by atoms with E-state index < -0.39 is 0 Å². The van der Waals surface area contributed by atoms with Crippen molar-refractivity contribution in [3.05, 3.63) is 42.1 Å². The summed E-state index contributed by atoms with van der Waals surface area (Å²) in [5.41, 5.74) is 4.22. The van der Waals surface area contributed by atoms with E-state index in [2.05, 4.69) is 61.6 Å². The highest BCUT2D eigenvalue weighted by Gasteiger charge is 2.24. The van der Waals surface area contributed by atoms with E-state index in [4.69, 9.17) is 0 Å². The minimum Gasteiger partial charge on any atom is -0.369 e. The number of carbonyl (C=O) groups excluding carboxylic acids is 1. The molecule has 8 nitrogen and oxygen atoms in total. The third kappa shape index (κ3) is 5.26. The molecule has 0 atom stereocenters. The normalized spacial score (nSPS) is 17.0. The summed E-state index contributed by atoms with van der Waals surface area (Å²) in [7, 11) is 6.26. The highest BCUT2D eigenvalue weighted by atomic mass is 16.2. The van der Waals surface area contributed by atoms with E-state index in [1.807, 2.05) is 31.3 Å². The minimum atomic E-state index is -0.0417. The zero-order valence-corrected chi connectivity index (χ0v) is 18.8. The van der Waals surface area contributed by atoms with Crippen molar-refractivity contribution in [3.8, 4) is 0 Å². The van der Waals surface area contributed by atoms with Gasteiger partial charge in [-0.25, -0.2) is 9.78 Å². The van der Waals surface area contributed by atoms with Gasteiger partial charge in [0, 0.05) is 68.5 Å². The molecule has 2 aliphatic rings. The molecule has 1 fully saturated rings. The molecule has 0 unspecified atom stereocenters. The number of amides is 2. The summed E-state index contributed by atoms with van der Waals surface area (Å²) in [5, 5.41) is 6.34. The molecule has 0 spiro atoms. The summed E-state index contributed by atoms with van der Waals surface area (Å²) in [4.78, 5) is 25.8. The van der Waals surface area contributed by atoms with Gasteiger partial charge >= 0.3 is 6.03 Å². The maximum Gasteiger partial charge on any atom is 0.322 e. The molecule has 166 valence electrons. The average Bonchev–Trinajstić information content (AvgIpc) is 2.76. The summed E-state index contributed by atoms with van der Waals surface area (Å²) >= 11 is 0. The first-order valence-electron chi connectivity index (χ1n) is 11.0. The summed E-state index contributed by atoms with van der Waals surface area (Å²) in [5.74, 6) is 0.749. The van der Waals surface area contributed by atoms with Gasteiger partial charge in [0.05, 0.1) is 5.69 Å². The Hall–Kier alpha value is -2.84. The Kier molecular flexibility index (Phi) is 6.58. The molecular formula is C23H33N7O. The number of aromatic nitrogens is 1. The van der Waals surface area contributed by atoms with Crippen molar-refractivity contribution in [2.45, 2.75) is 13.0 Å². The van der Waals surface area contributed by atoms with E-state index in [1.165, 1.54) is 5.69 Å². The van der Waals surface area contributed by atoms with Gasteiger partial charge < -0.3 is 25.3 Å². The number of nitrogens with zero attached hydrogens (tertiary/aromatic N) is 5. The molecular weight excluding hydrogens is 390 g/mol. The molecule has 0 radical (unpaired) electrons. The molecule has 4 rings (SSSR count). The van der Waals surface area contributed by atoms with E-state index >= 15 is 0 Å². The number of anilines is 4. The van der Waals surface area contributed by atoms with E-state index in [9.17, 15) is 4.79 Å². The van der Waals surface area contributed by atoms with Crippen LogP contribution in [-0.4, -0.2) is 81.2 Å². The molecule has 1 aromatic carbocycles. The summed E-state index contributed by atoms with van der Waals surface area (Å²) < 4.78 is 0. The van der Waals surface area contributed by atoms with Crippen molar-refractivity contribution in [2.24, 2.45) is 0 Å². The predicted molar refractivity (Wildman–Crippen MR) is 126 cm³/mol. The molecule has 8 heteroatoms. The fourth-order valence-corrected chi connectivity index (χ4v) is 4.04. The van der Waals surface area contributed by atoms with Crippen LogP contribution in [0, 0.1) is 0 Å². The van der Waals surface area contributed by atoms with E-state index in [-0.39, 0.29) is 6.03 Å². The van der Waals surface area contributed by atoms with Crippen molar-refractivity contribution < 1.29 is 4.79 Å². The van der Waals surface area contributed by atoms with Gasteiger partial charge in [-0.3, -0.25) is 4.90 Å². The minimum absolute atomic E-state index is 0.0417. The van der Waals surface area contributed by atoms with Crippen LogP contribution in [0.15, 0.2) is 36.5 Å². The zero-order valence-electron chi connectivity index (χ0n) is 18.8. The number of likely N-dealkylation sites (N-methyl/N-ethyl adjacent to an activating group) is 1. The van der Waals surface area contributed by atoms with Crippen molar-refractivity contribution in [1.29, 1.82) is 0 Å². The monoisotopic (exact) mass is 423 g/mol. The Bertz CT molecular complexity index is 891. The Morgan fingerprint density at radius 1 is 1.13 bits per heavy atom. The van der Waals surface area contributed by atoms with E-state index in [1.54, 1.807) is 0 Å². The summed E-state index contributed by atoms with van der Waals surface area (Å²) in [6.45, 7) is 6.44. The summed E-state index contributed by atoms with van der Waals surface area (Å²) in [6, 6.07) is 10.4. The number of hydrogen-bond donors (Lipinski definition) is 2. The third-order valence-electron chi connectivity index (χ3n) is 5.92. The lowest BCUT2D eigenvalue weighted by molar-refractivity contribution is 0.244. The number of pyridine rings is 1. The lowest BCUT2D eigenvalue weighted by atomic mass is 10.1. The van der Waals surface area contributed by atoms with Crippen LogP contribution in [0.5, 0.6) is 0 Å². The molecule has 2 amide bonds. The number of benzene rings is 1. The van der Waals surface area contributed by atoms with Crippen molar-refractivity contribution in [3.63, 3.8) is 0 Å². The molecule has 2 aliphatic heterocycles. The second-order valence-corrected chi connectivity index (χ2v) is 8.63. The number of hydrogen-bond acceptors (Lipinski definition) is 6. The molecule has 0 bridgehead atoms. The summed E-state index contributed by atoms with van der Waals surface area (Å²) in [6.07, 6.45) is 2.77. The fourth-order valence-electron chi connectivity index (χ4n) is 4.04. The van der Waals surface area contributed by atoms with Crippen molar-refractivity contribution in [2.75, 3.05) is 75.5 Å². The molecule has 3 heterocycles. The van der Waals surface area contributed by atoms with Crippen LogP contribution >= 0.6 is 0 Å². The number of rotatable bonds is 7. The van der Waals surface area contributed by atoms with Crippen LogP contribution in [0.2, 0.25) is 0 Å². The second-order valence-electron chi connectivity index (χ2n) is 8.63. The van der Waals surface area contributed by atoms with Gasteiger partial charge in [-0.15, -0.1) is 0 Å². The number of urea groups is 1. The topological polar surface area (TPSA) is 67.0 Å². The number of nitrogens with one attached hydrogen (secondary N) is 2. The van der Waals surface area contributed by atoms with Gasteiger partial charge in [0.15, 0.2) is 0 Å². The van der Waals surface area contributed by atoms with Crippen LogP contribution in [0.25, 0.3) is 0 Å². The molecule has 1 aromatic heterocycles. The van der Waals surface area contributed by atoms with Gasteiger partial charge in [-0.2, -0.15) is 0 Å². The van der Waals surface area contributed by atoms with Gasteiger partial charge in [0.25, 0.3) is 0 Å². The Labute approximate surface area is 184 Å². The third-order valence-corrected chi connectivity index (χ3v) is 5.92. The highest BCUT2D eigenvalue weighted by Crippen LogP contribution is 2.28. The molecule has 0 aliphatic carbocycles. The van der Waals surface area contributed by atoms with Gasteiger partial charge in [0.2, 0.25) is 0 Å². The first-order valence-corrected chi connectivity index (χ1v) is 11.0. The Morgan fingerprint density at radius 3 is 2.58 bits per heavy atom. The van der Waals surface area contributed by atoms with E-state index in [0.717, 1.165) is 61.9 Å². The first kappa shape index (κ1) is 21.4. The number of piperazine rings is 1. The molecule has 2 N–H and O–H groups in total. The molecule has 0 saturated carbocycles. The number of carbonyl (C=O) groups is 1. The Balaban J connectivity index is 1.44. The molecule has 1 saturated heterocycles. The largest absolute Gasteiger partial charge is 0.369 e. The lowest BCUT2D eigenvalue weighted by Crippen LogP contribution is -2.45. The maximum atomic E-state index is 12.5. The van der Waals surface area contributed by atoms with Crippen LogP contribution in [0.1, 0.15) is 12.0 Å². The Morgan fingerprint density at radius 2 is 1.87 bits per heavy atom. The van der Waals surface area contributed by atoms with Gasteiger partial charge in [-0.1, -0.05) is 0 Å².